The summed E-state index contributed by atoms with van der Waals surface area (Å²) in [5, 5.41) is 13.0. The Bertz CT molecular complexity index is 583. The van der Waals surface area contributed by atoms with Gasteiger partial charge >= 0.3 is 11.4 Å². The molecule has 0 atom stereocenters. The molecule has 1 aromatic carbocycles. The second-order valence-electron chi connectivity index (χ2n) is 2.83. The molecule has 6 nitrogen and oxygen atoms in total. The van der Waals surface area contributed by atoms with Crippen LogP contribution in [0, 0.1) is 5.82 Å². The second kappa shape index (κ2) is 3.12. The average molecular weight is 211 g/mol. The van der Waals surface area contributed by atoms with Crippen molar-refractivity contribution in [3.8, 4) is 11.4 Å². The lowest BCUT2D eigenvalue weighted by atomic mass is 10.3. The molecule has 1 heterocycles. The van der Waals surface area contributed by atoms with Crippen LogP contribution in [-0.4, -0.2) is 19.9 Å². The summed E-state index contributed by atoms with van der Waals surface area (Å²) in [6, 6.07) is 3.13. The van der Waals surface area contributed by atoms with Crippen LogP contribution in [0.1, 0.15) is 0 Å². The zero-order chi connectivity index (χ0) is 11.0. The van der Waals surface area contributed by atoms with Crippen LogP contribution in [0.3, 0.4) is 0 Å². The molecule has 0 amide bonds. The quantitative estimate of drug-likeness (QED) is 0.604. The molecule has 3 N–H and O–H groups in total. The van der Waals surface area contributed by atoms with Crippen molar-refractivity contribution in [2.24, 2.45) is 0 Å². The molecule has 15 heavy (non-hydrogen) atoms. The molecule has 0 aliphatic rings. The van der Waals surface area contributed by atoms with Gasteiger partial charge < -0.3 is 5.11 Å². The summed E-state index contributed by atoms with van der Waals surface area (Å²) in [6.45, 7) is 0. The lowest BCUT2D eigenvalue weighted by Gasteiger charge is -2.00. The number of nitrogens with one attached hydrogen (secondary N) is 2. The van der Waals surface area contributed by atoms with E-state index in [9.17, 15) is 14.0 Å². The standard InChI is InChI=1S/C8H6FN3O3/c9-5-3-4(13)1-2-6(5)12-7(14)10-11-8(12)15/h1-3,13H,(H,10,14)(H,11,15). The first-order valence-corrected chi connectivity index (χ1v) is 3.98. The van der Waals surface area contributed by atoms with Crippen LogP contribution in [0.4, 0.5) is 4.39 Å². The second-order valence-corrected chi connectivity index (χ2v) is 2.83. The molecule has 1 aromatic heterocycles. The fourth-order valence-corrected chi connectivity index (χ4v) is 1.21. The van der Waals surface area contributed by atoms with Crippen LogP contribution < -0.4 is 11.4 Å². The Labute approximate surface area is 81.6 Å². The van der Waals surface area contributed by atoms with Crippen molar-refractivity contribution < 1.29 is 9.50 Å². The number of aromatic amines is 2. The molecule has 0 saturated heterocycles. The van der Waals surface area contributed by atoms with Crippen LogP contribution >= 0.6 is 0 Å². The van der Waals surface area contributed by atoms with E-state index in [4.69, 9.17) is 5.11 Å². The summed E-state index contributed by atoms with van der Waals surface area (Å²) in [6.07, 6.45) is 0. The smallest absolute Gasteiger partial charge is 0.349 e. The largest absolute Gasteiger partial charge is 0.508 e. The SMILES string of the molecule is O=c1[nH][nH]c(=O)n1-c1ccc(O)cc1F. The summed E-state index contributed by atoms with van der Waals surface area (Å²) >= 11 is 0. The summed E-state index contributed by atoms with van der Waals surface area (Å²) in [7, 11) is 0. The summed E-state index contributed by atoms with van der Waals surface area (Å²) in [5.74, 6) is -1.14. The third-order valence-corrected chi connectivity index (χ3v) is 1.85. The van der Waals surface area contributed by atoms with E-state index in [2.05, 4.69) is 0 Å². The molecule has 7 heteroatoms. The first kappa shape index (κ1) is 9.25. The number of aromatic nitrogens is 3. The Balaban J connectivity index is 2.75. The number of rotatable bonds is 1. The molecule has 2 rings (SSSR count). The van der Waals surface area contributed by atoms with E-state index in [1.165, 1.54) is 6.07 Å². The van der Waals surface area contributed by atoms with Gasteiger partial charge in [0.15, 0.2) is 5.82 Å². The normalized spacial score (nSPS) is 10.5. The van der Waals surface area contributed by atoms with Gasteiger partial charge in [0, 0.05) is 6.07 Å². The number of hydrogen-bond acceptors (Lipinski definition) is 3. The highest BCUT2D eigenvalue weighted by Gasteiger charge is 2.11. The fraction of sp³-hybridized carbons (Fsp3) is 0. The minimum atomic E-state index is -0.859. The first-order chi connectivity index (χ1) is 7.09. The van der Waals surface area contributed by atoms with Gasteiger partial charge in [0.2, 0.25) is 0 Å². The lowest BCUT2D eigenvalue weighted by Crippen LogP contribution is -2.25. The Morgan fingerprint density at radius 1 is 1.20 bits per heavy atom. The lowest BCUT2D eigenvalue weighted by molar-refractivity contribution is 0.468. The molecule has 0 aliphatic carbocycles. The van der Waals surface area contributed by atoms with Crippen molar-refractivity contribution in [3.05, 3.63) is 45.0 Å². The van der Waals surface area contributed by atoms with Crippen LogP contribution in [0.15, 0.2) is 27.8 Å². The Morgan fingerprint density at radius 2 is 1.80 bits per heavy atom. The predicted octanol–water partition coefficient (Wildman–Crippen LogP) is -0.301. The van der Waals surface area contributed by atoms with Gasteiger partial charge in [-0.1, -0.05) is 0 Å². The zero-order valence-electron chi connectivity index (χ0n) is 7.32. The summed E-state index contributed by atoms with van der Waals surface area (Å²) < 4.78 is 13.9. The van der Waals surface area contributed by atoms with Crippen LogP contribution in [0.5, 0.6) is 5.75 Å². The molecule has 2 aromatic rings. The van der Waals surface area contributed by atoms with Gasteiger partial charge in [-0.15, -0.1) is 0 Å². The minimum Gasteiger partial charge on any atom is -0.508 e. The van der Waals surface area contributed by atoms with Gasteiger partial charge in [0.1, 0.15) is 5.75 Å². The van der Waals surface area contributed by atoms with Crippen LogP contribution in [0.2, 0.25) is 0 Å². The number of benzene rings is 1. The van der Waals surface area contributed by atoms with Gasteiger partial charge in [-0.3, -0.25) is 0 Å². The molecule has 0 radical (unpaired) electrons. The summed E-state index contributed by atoms with van der Waals surface area (Å²) in [5.41, 5.74) is -1.77. The molecule has 0 unspecified atom stereocenters. The van der Waals surface area contributed by atoms with Crippen LogP contribution in [-0.2, 0) is 0 Å². The zero-order valence-corrected chi connectivity index (χ0v) is 7.32. The van der Waals surface area contributed by atoms with E-state index in [-0.39, 0.29) is 11.4 Å². The van der Waals surface area contributed by atoms with Crippen molar-refractivity contribution in [1.82, 2.24) is 14.8 Å². The van der Waals surface area contributed by atoms with E-state index in [0.717, 1.165) is 12.1 Å². The van der Waals surface area contributed by atoms with Gasteiger partial charge in [-0.2, -0.15) is 0 Å². The highest BCUT2D eigenvalue weighted by molar-refractivity contribution is 5.38. The van der Waals surface area contributed by atoms with Gasteiger partial charge in [0.25, 0.3) is 0 Å². The maximum absolute atomic E-state index is 13.3. The Kier molecular flexibility index (Phi) is 1.93. The number of aromatic hydroxyl groups is 1. The molecule has 78 valence electrons. The van der Waals surface area contributed by atoms with Gasteiger partial charge in [0.05, 0.1) is 5.69 Å². The molecule has 0 fully saturated rings. The third-order valence-electron chi connectivity index (χ3n) is 1.85. The highest BCUT2D eigenvalue weighted by atomic mass is 19.1. The number of phenols is 1. The first-order valence-electron chi connectivity index (χ1n) is 3.98. The van der Waals surface area contributed by atoms with Crippen molar-refractivity contribution in [1.29, 1.82) is 0 Å². The van der Waals surface area contributed by atoms with Crippen LogP contribution in [0.25, 0.3) is 5.69 Å². The Morgan fingerprint density at radius 3 is 2.33 bits per heavy atom. The molecule has 0 aliphatic heterocycles. The van der Waals surface area contributed by atoms with E-state index >= 15 is 0 Å². The van der Waals surface area contributed by atoms with Crippen molar-refractivity contribution >= 4 is 0 Å². The molecule has 0 spiro atoms. The van der Waals surface area contributed by atoms with E-state index in [1.807, 2.05) is 10.2 Å². The maximum atomic E-state index is 13.3. The highest BCUT2D eigenvalue weighted by Crippen LogP contribution is 2.16. The number of H-pyrrole nitrogens is 2. The number of hydrogen-bond donors (Lipinski definition) is 3. The van der Waals surface area contributed by atoms with E-state index in [0.29, 0.717) is 4.57 Å². The van der Waals surface area contributed by atoms with Crippen molar-refractivity contribution in [2.75, 3.05) is 0 Å². The van der Waals surface area contributed by atoms with Crippen molar-refractivity contribution in [2.45, 2.75) is 0 Å². The monoisotopic (exact) mass is 211 g/mol. The third kappa shape index (κ3) is 1.43. The summed E-state index contributed by atoms with van der Waals surface area (Å²) in [4.78, 5) is 22.2. The Hall–Kier alpha value is -2.31. The van der Waals surface area contributed by atoms with Gasteiger partial charge in [-0.25, -0.2) is 28.7 Å². The molecule has 0 saturated carbocycles. The fourth-order valence-electron chi connectivity index (χ4n) is 1.21. The topological polar surface area (TPSA) is 90.9 Å². The molecule has 0 bridgehead atoms. The number of phenolic OH excluding ortho intramolecular Hbond substituents is 1. The minimum absolute atomic E-state index is 0.222. The van der Waals surface area contributed by atoms with Crippen molar-refractivity contribution in [3.63, 3.8) is 0 Å². The van der Waals surface area contributed by atoms with E-state index in [1.54, 1.807) is 0 Å². The number of halogens is 1. The average Bonchev–Trinajstić information content (AvgIpc) is 2.48. The van der Waals surface area contributed by atoms with Gasteiger partial charge in [-0.05, 0) is 12.1 Å². The molecular weight excluding hydrogens is 205 g/mol. The molecular formula is C8H6FN3O3. The van der Waals surface area contributed by atoms with E-state index < -0.39 is 17.2 Å². The predicted molar refractivity (Wildman–Crippen MR) is 48.6 cm³/mol. The maximum Gasteiger partial charge on any atom is 0.349 e. The number of nitrogens with zero attached hydrogens (tertiary/aromatic N) is 1.